The van der Waals surface area contributed by atoms with Crippen LogP contribution in [-0.2, 0) is 0 Å². The van der Waals surface area contributed by atoms with Crippen molar-refractivity contribution in [3.05, 3.63) is 0 Å². The lowest BCUT2D eigenvalue weighted by molar-refractivity contribution is -0.126. The van der Waals surface area contributed by atoms with Gasteiger partial charge < -0.3 is 5.11 Å². The second-order valence-corrected chi connectivity index (χ2v) is 7.45. The summed E-state index contributed by atoms with van der Waals surface area (Å²) >= 11 is 0. The molecule has 19 heavy (non-hydrogen) atoms. The van der Waals surface area contributed by atoms with Crippen molar-refractivity contribution in [1.29, 1.82) is 5.26 Å². The highest BCUT2D eigenvalue weighted by Crippen LogP contribution is 2.54. The third-order valence-corrected chi connectivity index (χ3v) is 5.71. The Morgan fingerprint density at radius 1 is 1.21 bits per heavy atom. The molecule has 0 radical (unpaired) electrons. The smallest absolute Gasteiger partial charge is 0.0863 e. The molecular weight excluding hydrogens is 234 g/mol. The molecule has 0 aromatic carbocycles. The van der Waals surface area contributed by atoms with Crippen molar-refractivity contribution in [3.8, 4) is 6.07 Å². The van der Waals surface area contributed by atoms with E-state index in [4.69, 9.17) is 0 Å². The van der Waals surface area contributed by atoms with E-state index in [1.165, 1.54) is 12.8 Å². The van der Waals surface area contributed by atoms with Gasteiger partial charge in [-0.05, 0) is 49.9 Å². The van der Waals surface area contributed by atoms with Gasteiger partial charge in [-0.15, -0.1) is 0 Å². The third-order valence-electron chi connectivity index (χ3n) is 5.71. The minimum absolute atomic E-state index is 0.477. The highest BCUT2D eigenvalue weighted by molar-refractivity contribution is 5.15. The van der Waals surface area contributed by atoms with Crippen LogP contribution >= 0.6 is 0 Å². The van der Waals surface area contributed by atoms with Crippen molar-refractivity contribution in [3.63, 3.8) is 0 Å². The summed E-state index contributed by atoms with van der Waals surface area (Å²) in [6.45, 7) is 6.67. The summed E-state index contributed by atoms with van der Waals surface area (Å²) in [5, 5.41) is 21.1. The quantitative estimate of drug-likeness (QED) is 0.808. The second kappa shape index (κ2) is 5.44. The molecule has 0 aromatic rings. The predicted octanol–water partition coefficient (Wildman–Crippen LogP) is 4.28. The maximum Gasteiger partial charge on any atom is 0.0863 e. The molecule has 0 bridgehead atoms. The van der Waals surface area contributed by atoms with Crippen LogP contribution in [0, 0.1) is 34.5 Å². The first-order valence-corrected chi connectivity index (χ1v) is 8.08. The summed E-state index contributed by atoms with van der Waals surface area (Å²) in [4.78, 5) is 0. The van der Waals surface area contributed by atoms with Crippen LogP contribution in [0.1, 0.15) is 72.1 Å². The molecule has 2 heteroatoms. The molecule has 0 aliphatic heterocycles. The van der Waals surface area contributed by atoms with E-state index in [-0.39, 0.29) is 0 Å². The summed E-state index contributed by atoms with van der Waals surface area (Å²) in [6, 6.07) is 2.58. The van der Waals surface area contributed by atoms with Gasteiger partial charge in [0.25, 0.3) is 0 Å². The summed E-state index contributed by atoms with van der Waals surface area (Å²) in [7, 11) is 0. The van der Waals surface area contributed by atoms with Gasteiger partial charge in [-0.3, -0.25) is 0 Å². The lowest BCUT2D eigenvalue weighted by Crippen LogP contribution is -2.53. The molecule has 0 amide bonds. The van der Waals surface area contributed by atoms with Crippen LogP contribution in [0.2, 0.25) is 0 Å². The number of rotatable bonds is 2. The molecule has 2 rings (SSSR count). The van der Waals surface area contributed by atoms with Crippen molar-refractivity contribution < 1.29 is 5.11 Å². The lowest BCUT2D eigenvalue weighted by atomic mass is 9.55. The van der Waals surface area contributed by atoms with Gasteiger partial charge in [-0.2, -0.15) is 5.26 Å². The fourth-order valence-corrected chi connectivity index (χ4v) is 4.85. The van der Waals surface area contributed by atoms with Crippen LogP contribution in [0.5, 0.6) is 0 Å². The van der Waals surface area contributed by atoms with Crippen molar-refractivity contribution in [1.82, 2.24) is 0 Å². The highest BCUT2D eigenvalue weighted by atomic mass is 16.3. The van der Waals surface area contributed by atoms with Gasteiger partial charge in [0.15, 0.2) is 0 Å². The number of nitrogens with zero attached hydrogens (tertiary/aromatic N) is 1. The molecule has 108 valence electrons. The molecule has 0 heterocycles. The van der Waals surface area contributed by atoms with E-state index >= 15 is 0 Å². The van der Waals surface area contributed by atoms with E-state index in [0.29, 0.717) is 17.8 Å². The van der Waals surface area contributed by atoms with Crippen molar-refractivity contribution in [2.45, 2.75) is 77.7 Å². The highest BCUT2D eigenvalue weighted by Gasteiger charge is 2.54. The first-order chi connectivity index (χ1) is 8.94. The van der Waals surface area contributed by atoms with Crippen LogP contribution < -0.4 is 0 Å². The molecule has 2 fully saturated rings. The molecule has 2 saturated carbocycles. The van der Waals surface area contributed by atoms with Crippen LogP contribution in [0.3, 0.4) is 0 Å². The Bertz CT molecular complexity index is 349. The van der Waals surface area contributed by atoms with Crippen LogP contribution in [0.4, 0.5) is 0 Å². The molecule has 4 unspecified atom stereocenters. The Morgan fingerprint density at radius 3 is 2.37 bits per heavy atom. The normalized spacial score (nSPS) is 47.6. The van der Waals surface area contributed by atoms with E-state index in [0.717, 1.165) is 38.5 Å². The zero-order chi connectivity index (χ0) is 14.1. The molecular formula is C17H29NO. The van der Waals surface area contributed by atoms with Crippen LogP contribution in [-0.4, -0.2) is 10.7 Å². The van der Waals surface area contributed by atoms with Gasteiger partial charge >= 0.3 is 0 Å². The largest absolute Gasteiger partial charge is 0.388 e. The monoisotopic (exact) mass is 263 g/mol. The third kappa shape index (κ3) is 2.68. The Hall–Kier alpha value is -0.550. The molecule has 1 N–H and O–H groups in total. The minimum Gasteiger partial charge on any atom is -0.388 e. The van der Waals surface area contributed by atoms with E-state index in [1.807, 2.05) is 0 Å². The molecule has 2 aliphatic carbocycles. The zero-order valence-electron chi connectivity index (χ0n) is 12.8. The number of nitriles is 1. The maximum atomic E-state index is 11.3. The van der Waals surface area contributed by atoms with E-state index in [1.54, 1.807) is 0 Å². The summed E-state index contributed by atoms with van der Waals surface area (Å²) in [6.07, 6.45) is 8.14. The SMILES string of the molecule is CCC1CCCC(C#N)(C2(O)CC(C)CC(C)C2)C1. The van der Waals surface area contributed by atoms with Gasteiger partial charge in [0.05, 0.1) is 17.1 Å². The average molecular weight is 263 g/mol. The topological polar surface area (TPSA) is 44.0 Å². The summed E-state index contributed by atoms with van der Waals surface area (Å²) in [5.41, 5.74) is -1.22. The van der Waals surface area contributed by atoms with E-state index in [2.05, 4.69) is 26.8 Å². The van der Waals surface area contributed by atoms with E-state index < -0.39 is 11.0 Å². The zero-order valence-corrected chi connectivity index (χ0v) is 12.8. The van der Waals surface area contributed by atoms with Crippen LogP contribution in [0.25, 0.3) is 0 Å². The average Bonchev–Trinajstić information content (AvgIpc) is 2.37. The Balaban J connectivity index is 2.26. The standard InChI is InChI=1S/C17H29NO/c1-4-15-6-5-7-16(11-15,12-18)17(19)9-13(2)8-14(3)10-17/h13-15,19H,4-11H2,1-3H3. The number of aliphatic hydroxyl groups is 1. The molecule has 0 saturated heterocycles. The lowest BCUT2D eigenvalue weighted by Gasteiger charge is -2.51. The summed E-state index contributed by atoms with van der Waals surface area (Å²) in [5.74, 6) is 1.71. The van der Waals surface area contributed by atoms with Gasteiger partial charge in [0.2, 0.25) is 0 Å². The van der Waals surface area contributed by atoms with Crippen LogP contribution in [0.15, 0.2) is 0 Å². The van der Waals surface area contributed by atoms with Gasteiger partial charge in [-0.1, -0.05) is 40.0 Å². The fraction of sp³-hybridized carbons (Fsp3) is 0.941. The Kier molecular flexibility index (Phi) is 4.26. The van der Waals surface area contributed by atoms with Gasteiger partial charge in [0.1, 0.15) is 0 Å². The van der Waals surface area contributed by atoms with Crippen molar-refractivity contribution in [2.75, 3.05) is 0 Å². The van der Waals surface area contributed by atoms with Crippen molar-refractivity contribution in [2.24, 2.45) is 23.2 Å². The number of hydrogen-bond acceptors (Lipinski definition) is 2. The first kappa shape index (κ1) is 14.9. The predicted molar refractivity (Wildman–Crippen MR) is 77.4 cm³/mol. The molecule has 0 spiro atoms. The molecule has 0 aromatic heterocycles. The first-order valence-electron chi connectivity index (χ1n) is 8.08. The second-order valence-electron chi connectivity index (χ2n) is 7.45. The number of hydrogen-bond donors (Lipinski definition) is 1. The fourth-order valence-electron chi connectivity index (χ4n) is 4.85. The van der Waals surface area contributed by atoms with Crippen molar-refractivity contribution >= 4 is 0 Å². The Morgan fingerprint density at radius 2 is 1.84 bits per heavy atom. The molecule has 4 atom stereocenters. The minimum atomic E-state index is -0.743. The molecule has 2 nitrogen and oxygen atoms in total. The molecule has 2 aliphatic rings. The van der Waals surface area contributed by atoms with Gasteiger partial charge in [-0.25, -0.2) is 0 Å². The maximum absolute atomic E-state index is 11.3. The summed E-state index contributed by atoms with van der Waals surface area (Å²) < 4.78 is 0. The van der Waals surface area contributed by atoms with E-state index in [9.17, 15) is 10.4 Å². The Labute approximate surface area is 118 Å². The van der Waals surface area contributed by atoms with Gasteiger partial charge in [0, 0.05) is 0 Å².